The molecule has 1 heterocycles. The van der Waals surface area contributed by atoms with Gasteiger partial charge in [0.1, 0.15) is 5.82 Å². The zero-order valence-electron chi connectivity index (χ0n) is 11.7. The number of hydrogen-bond donors (Lipinski definition) is 1. The van der Waals surface area contributed by atoms with Crippen molar-refractivity contribution < 1.29 is 4.39 Å². The van der Waals surface area contributed by atoms with Crippen molar-refractivity contribution in [1.29, 1.82) is 0 Å². The van der Waals surface area contributed by atoms with Gasteiger partial charge in [-0.3, -0.25) is 4.98 Å². The van der Waals surface area contributed by atoms with E-state index >= 15 is 0 Å². The molecule has 0 fully saturated rings. The second-order valence-electron chi connectivity index (χ2n) is 4.73. The van der Waals surface area contributed by atoms with Crippen LogP contribution in [0.1, 0.15) is 36.3 Å². The first-order valence-electron chi connectivity index (χ1n) is 6.74. The van der Waals surface area contributed by atoms with E-state index in [4.69, 9.17) is 0 Å². The van der Waals surface area contributed by atoms with Crippen molar-refractivity contribution in [1.82, 2.24) is 10.3 Å². The normalized spacial score (nSPS) is 12.4. The maximum atomic E-state index is 14.4. The summed E-state index contributed by atoms with van der Waals surface area (Å²) in [6, 6.07) is 11.0. The molecule has 20 heavy (non-hydrogen) atoms. The molecule has 1 unspecified atom stereocenters. The minimum absolute atomic E-state index is 0.229. The van der Waals surface area contributed by atoms with Crippen LogP contribution in [-0.4, -0.2) is 11.5 Å². The largest absolute Gasteiger partial charge is 0.305 e. The van der Waals surface area contributed by atoms with E-state index in [0.717, 1.165) is 24.4 Å². The summed E-state index contributed by atoms with van der Waals surface area (Å²) < 4.78 is 14.8. The van der Waals surface area contributed by atoms with Crippen LogP contribution in [0.15, 0.2) is 40.9 Å². The Labute approximate surface area is 127 Å². The molecule has 0 saturated heterocycles. The minimum atomic E-state index is -0.232. The third-order valence-electron chi connectivity index (χ3n) is 3.10. The highest BCUT2D eigenvalue weighted by Crippen LogP contribution is 2.27. The number of halogens is 2. The third-order valence-corrected chi connectivity index (χ3v) is 3.71. The van der Waals surface area contributed by atoms with Crippen molar-refractivity contribution in [2.75, 3.05) is 6.54 Å². The first-order chi connectivity index (χ1) is 9.63. The monoisotopic (exact) mass is 336 g/mol. The van der Waals surface area contributed by atoms with Crippen LogP contribution in [0.5, 0.6) is 0 Å². The lowest BCUT2D eigenvalue weighted by Gasteiger charge is -2.20. The molecule has 0 spiro atoms. The molecule has 1 atom stereocenters. The Kier molecular flexibility index (Phi) is 5.26. The maximum Gasteiger partial charge on any atom is 0.142 e. The highest BCUT2D eigenvalue weighted by molar-refractivity contribution is 9.10. The van der Waals surface area contributed by atoms with Gasteiger partial charge in [0.2, 0.25) is 0 Å². The van der Waals surface area contributed by atoms with E-state index in [9.17, 15) is 4.39 Å². The van der Waals surface area contributed by atoms with Crippen LogP contribution in [0.3, 0.4) is 0 Å². The van der Waals surface area contributed by atoms with Crippen molar-refractivity contribution in [2.24, 2.45) is 0 Å². The number of nitrogens with one attached hydrogen (secondary N) is 1. The topological polar surface area (TPSA) is 24.9 Å². The lowest BCUT2D eigenvalue weighted by atomic mass is 10.0. The lowest BCUT2D eigenvalue weighted by molar-refractivity contribution is 0.536. The van der Waals surface area contributed by atoms with Crippen LogP contribution in [0, 0.1) is 12.7 Å². The Morgan fingerprint density at radius 1 is 1.25 bits per heavy atom. The van der Waals surface area contributed by atoms with Gasteiger partial charge in [0.25, 0.3) is 0 Å². The molecule has 0 aliphatic heterocycles. The number of nitrogens with zero attached hydrogens (tertiary/aromatic N) is 1. The Hall–Kier alpha value is -1.26. The van der Waals surface area contributed by atoms with Gasteiger partial charge in [-0.2, -0.15) is 0 Å². The Morgan fingerprint density at radius 2 is 2.00 bits per heavy atom. The number of aryl methyl sites for hydroxylation is 1. The molecule has 4 heteroatoms. The molecule has 0 radical (unpaired) electrons. The van der Waals surface area contributed by atoms with Gasteiger partial charge in [0.05, 0.1) is 16.2 Å². The van der Waals surface area contributed by atoms with Crippen LogP contribution in [-0.2, 0) is 0 Å². The standard InChI is InChI=1S/C16H18BrFN2/c1-3-10-19-16(14-9-4-6-11(2)20-14)12-7-5-8-13(17)15(12)18/h4-9,16,19H,3,10H2,1-2H3. The Bertz CT molecular complexity index is 586. The highest BCUT2D eigenvalue weighted by Gasteiger charge is 2.19. The summed E-state index contributed by atoms with van der Waals surface area (Å²) >= 11 is 3.25. The number of pyridine rings is 1. The SMILES string of the molecule is CCCNC(c1cccc(C)n1)c1cccc(Br)c1F. The van der Waals surface area contributed by atoms with E-state index in [1.807, 2.05) is 31.2 Å². The third kappa shape index (κ3) is 3.44. The van der Waals surface area contributed by atoms with Gasteiger partial charge in [0, 0.05) is 11.3 Å². The molecule has 1 N–H and O–H groups in total. The van der Waals surface area contributed by atoms with Gasteiger partial charge in [-0.15, -0.1) is 0 Å². The van der Waals surface area contributed by atoms with Crippen molar-refractivity contribution in [3.63, 3.8) is 0 Å². The number of benzene rings is 1. The number of aromatic nitrogens is 1. The predicted molar refractivity (Wildman–Crippen MR) is 83.2 cm³/mol. The smallest absolute Gasteiger partial charge is 0.142 e. The number of rotatable bonds is 5. The Balaban J connectivity index is 2.44. The summed E-state index contributed by atoms with van der Waals surface area (Å²) in [6.45, 7) is 4.84. The second-order valence-corrected chi connectivity index (χ2v) is 5.59. The van der Waals surface area contributed by atoms with Crippen LogP contribution in [0.4, 0.5) is 4.39 Å². The van der Waals surface area contributed by atoms with E-state index in [1.165, 1.54) is 0 Å². The van der Waals surface area contributed by atoms with Gasteiger partial charge >= 0.3 is 0 Å². The molecule has 0 aliphatic carbocycles. The molecule has 106 valence electrons. The summed E-state index contributed by atoms with van der Waals surface area (Å²) in [6.07, 6.45) is 0.984. The molecule has 2 rings (SSSR count). The molecule has 0 aliphatic rings. The molecule has 0 saturated carbocycles. The number of hydrogen-bond acceptors (Lipinski definition) is 2. The van der Waals surface area contributed by atoms with Gasteiger partial charge in [-0.05, 0) is 54.0 Å². The molecule has 1 aromatic heterocycles. The summed E-state index contributed by atoms with van der Waals surface area (Å²) in [4.78, 5) is 4.53. The molecular weight excluding hydrogens is 319 g/mol. The first-order valence-corrected chi connectivity index (χ1v) is 7.53. The van der Waals surface area contributed by atoms with Gasteiger partial charge in [-0.1, -0.05) is 25.1 Å². The van der Waals surface area contributed by atoms with E-state index in [0.29, 0.717) is 10.0 Å². The van der Waals surface area contributed by atoms with Crippen LogP contribution in [0.2, 0.25) is 0 Å². The van der Waals surface area contributed by atoms with Crippen molar-refractivity contribution in [3.05, 3.63) is 63.6 Å². The average Bonchev–Trinajstić information content (AvgIpc) is 2.44. The fourth-order valence-corrected chi connectivity index (χ4v) is 2.51. The van der Waals surface area contributed by atoms with Crippen molar-refractivity contribution >= 4 is 15.9 Å². The second kappa shape index (κ2) is 6.95. The molecule has 0 amide bonds. The predicted octanol–water partition coefficient (Wildman–Crippen LogP) is 4.38. The quantitative estimate of drug-likeness (QED) is 0.876. The molecule has 1 aromatic carbocycles. The van der Waals surface area contributed by atoms with Crippen LogP contribution < -0.4 is 5.32 Å². The summed E-state index contributed by atoms with van der Waals surface area (Å²) in [5.74, 6) is -0.232. The zero-order valence-corrected chi connectivity index (χ0v) is 13.2. The summed E-state index contributed by atoms with van der Waals surface area (Å²) in [5.41, 5.74) is 2.39. The van der Waals surface area contributed by atoms with E-state index in [1.54, 1.807) is 12.1 Å². The van der Waals surface area contributed by atoms with Crippen LogP contribution >= 0.6 is 15.9 Å². The van der Waals surface area contributed by atoms with Crippen molar-refractivity contribution in [2.45, 2.75) is 26.3 Å². The van der Waals surface area contributed by atoms with Gasteiger partial charge < -0.3 is 5.32 Å². The van der Waals surface area contributed by atoms with E-state index in [2.05, 4.69) is 33.2 Å². The fraction of sp³-hybridized carbons (Fsp3) is 0.312. The maximum absolute atomic E-state index is 14.4. The lowest BCUT2D eigenvalue weighted by Crippen LogP contribution is -2.25. The molecule has 0 bridgehead atoms. The molecule has 2 nitrogen and oxygen atoms in total. The highest BCUT2D eigenvalue weighted by atomic mass is 79.9. The van der Waals surface area contributed by atoms with Gasteiger partial charge in [0.15, 0.2) is 0 Å². The molecule has 2 aromatic rings. The average molecular weight is 337 g/mol. The van der Waals surface area contributed by atoms with Crippen molar-refractivity contribution in [3.8, 4) is 0 Å². The van der Waals surface area contributed by atoms with E-state index < -0.39 is 0 Å². The Morgan fingerprint density at radius 3 is 2.70 bits per heavy atom. The minimum Gasteiger partial charge on any atom is -0.305 e. The first kappa shape index (κ1) is 15.1. The molecular formula is C16H18BrFN2. The summed E-state index contributed by atoms with van der Waals surface area (Å²) in [5, 5.41) is 3.37. The van der Waals surface area contributed by atoms with Gasteiger partial charge in [-0.25, -0.2) is 4.39 Å². The zero-order chi connectivity index (χ0) is 14.5. The fourth-order valence-electron chi connectivity index (χ4n) is 2.13. The van der Waals surface area contributed by atoms with Crippen LogP contribution in [0.25, 0.3) is 0 Å². The summed E-state index contributed by atoms with van der Waals surface area (Å²) in [7, 11) is 0. The van der Waals surface area contributed by atoms with E-state index in [-0.39, 0.29) is 11.9 Å².